The predicted molar refractivity (Wildman–Crippen MR) is 42.5 cm³/mol. The van der Waals surface area contributed by atoms with E-state index in [1.54, 1.807) is 12.1 Å². The molecular weight excluding hydrogens is 142 g/mol. The average Bonchev–Trinajstić information content (AvgIpc) is 1.94. The van der Waals surface area contributed by atoms with Crippen molar-refractivity contribution in [1.29, 1.82) is 0 Å². The third-order valence-electron chi connectivity index (χ3n) is 1.41. The smallest absolute Gasteiger partial charge is 0.341 e. The van der Waals surface area contributed by atoms with E-state index in [2.05, 4.69) is 5.73 Å². The van der Waals surface area contributed by atoms with Crippen LogP contribution in [0.3, 0.4) is 0 Å². The lowest BCUT2D eigenvalue weighted by Gasteiger charge is -1.98. The Morgan fingerprint density at radius 1 is 1.27 bits per heavy atom. The average molecular weight is 152 g/mol. The summed E-state index contributed by atoms with van der Waals surface area (Å²) in [4.78, 5) is 10.7. The number of amides is 1. The van der Waals surface area contributed by atoms with Crippen LogP contribution in [0, 0.1) is 0 Å². The molecule has 58 valence electrons. The lowest BCUT2D eigenvalue weighted by molar-refractivity contribution is -0.255. The molecule has 0 spiro atoms. The number of nitrogen functional groups attached to an aromatic ring is 2. The number of carbonyl (C=O) groups is 1. The Kier molecular flexibility index (Phi) is 1.78. The first-order valence-electron chi connectivity index (χ1n) is 3.12. The van der Waals surface area contributed by atoms with Crippen LogP contribution >= 0.6 is 0 Å². The molecule has 0 unspecified atom stereocenters. The Labute approximate surface area is 64.0 Å². The topological polar surface area (TPSA) is 96.7 Å². The SMILES string of the molecule is Nc1ccc(C([NH3+])=O)cc1N. The van der Waals surface area contributed by atoms with Gasteiger partial charge < -0.3 is 11.5 Å². The molecule has 0 saturated heterocycles. The fraction of sp³-hybridized carbons (Fsp3) is 0. The van der Waals surface area contributed by atoms with Crippen LogP contribution in [-0.4, -0.2) is 5.91 Å². The Balaban J connectivity index is 3.15. The van der Waals surface area contributed by atoms with Crippen LogP contribution in [0.15, 0.2) is 18.2 Å². The highest BCUT2D eigenvalue weighted by molar-refractivity contribution is 5.88. The molecule has 0 fully saturated rings. The van der Waals surface area contributed by atoms with Crippen molar-refractivity contribution in [1.82, 2.24) is 0 Å². The van der Waals surface area contributed by atoms with E-state index in [1.807, 2.05) is 0 Å². The fourth-order valence-corrected chi connectivity index (χ4v) is 0.748. The largest absolute Gasteiger partial charge is 0.397 e. The second kappa shape index (κ2) is 2.59. The maximum Gasteiger partial charge on any atom is 0.341 e. The van der Waals surface area contributed by atoms with E-state index < -0.39 is 0 Å². The third kappa shape index (κ3) is 1.47. The summed E-state index contributed by atoms with van der Waals surface area (Å²) in [7, 11) is 0. The molecule has 0 aliphatic carbocycles. The molecule has 0 aliphatic rings. The number of anilines is 2. The molecule has 1 aromatic carbocycles. The van der Waals surface area contributed by atoms with Gasteiger partial charge in [0.05, 0.1) is 16.9 Å². The Morgan fingerprint density at radius 3 is 2.36 bits per heavy atom. The Morgan fingerprint density at radius 2 is 1.91 bits per heavy atom. The van der Waals surface area contributed by atoms with Gasteiger partial charge in [0, 0.05) is 0 Å². The van der Waals surface area contributed by atoms with Gasteiger partial charge in [0.25, 0.3) is 0 Å². The Hall–Kier alpha value is -1.55. The second-order valence-corrected chi connectivity index (χ2v) is 2.27. The highest BCUT2D eigenvalue weighted by Crippen LogP contribution is 2.14. The molecule has 4 nitrogen and oxygen atoms in total. The molecule has 7 N–H and O–H groups in total. The van der Waals surface area contributed by atoms with Gasteiger partial charge in [-0.1, -0.05) is 0 Å². The maximum atomic E-state index is 10.7. The van der Waals surface area contributed by atoms with Crippen molar-refractivity contribution in [3.05, 3.63) is 23.8 Å². The van der Waals surface area contributed by atoms with Crippen molar-refractivity contribution >= 4 is 17.3 Å². The molecule has 0 aromatic heterocycles. The molecule has 4 heteroatoms. The van der Waals surface area contributed by atoms with Crippen molar-refractivity contribution < 1.29 is 10.5 Å². The minimum atomic E-state index is -0.253. The molecule has 0 heterocycles. The highest BCUT2D eigenvalue weighted by Gasteiger charge is 2.04. The number of carbonyl (C=O) groups excluding carboxylic acids is 1. The van der Waals surface area contributed by atoms with Crippen molar-refractivity contribution in [3.63, 3.8) is 0 Å². The first-order valence-corrected chi connectivity index (χ1v) is 3.12. The van der Waals surface area contributed by atoms with Gasteiger partial charge in [-0.25, -0.2) is 4.79 Å². The van der Waals surface area contributed by atoms with E-state index in [0.717, 1.165) is 0 Å². The van der Waals surface area contributed by atoms with E-state index >= 15 is 0 Å². The minimum absolute atomic E-state index is 0.253. The molecule has 1 amide bonds. The van der Waals surface area contributed by atoms with E-state index in [1.165, 1.54) is 6.07 Å². The molecule has 11 heavy (non-hydrogen) atoms. The molecule has 0 aliphatic heterocycles. The summed E-state index contributed by atoms with van der Waals surface area (Å²) in [5.74, 6) is -0.253. The van der Waals surface area contributed by atoms with Crippen LogP contribution in [0.25, 0.3) is 0 Å². The van der Waals surface area contributed by atoms with Crippen LogP contribution in [-0.2, 0) is 0 Å². The number of hydrogen-bond acceptors (Lipinski definition) is 3. The molecule has 0 radical (unpaired) electrons. The van der Waals surface area contributed by atoms with Crippen LogP contribution in [0.2, 0.25) is 0 Å². The fourth-order valence-electron chi connectivity index (χ4n) is 0.748. The van der Waals surface area contributed by atoms with Gasteiger partial charge in [-0.05, 0) is 18.2 Å². The van der Waals surface area contributed by atoms with E-state index in [0.29, 0.717) is 16.9 Å². The van der Waals surface area contributed by atoms with Gasteiger partial charge in [-0.3, -0.25) is 5.73 Å². The summed E-state index contributed by atoms with van der Waals surface area (Å²) in [6.45, 7) is 0. The Bertz CT molecular complexity index is 296. The van der Waals surface area contributed by atoms with Gasteiger partial charge >= 0.3 is 5.91 Å². The summed E-state index contributed by atoms with van der Waals surface area (Å²) in [6, 6.07) is 4.71. The summed E-state index contributed by atoms with van der Waals surface area (Å²) in [6.07, 6.45) is 0. The van der Waals surface area contributed by atoms with Gasteiger partial charge in [-0.2, -0.15) is 0 Å². The highest BCUT2D eigenvalue weighted by atomic mass is 16.1. The van der Waals surface area contributed by atoms with Crippen LogP contribution < -0.4 is 17.2 Å². The number of quaternary nitrogens is 1. The summed E-state index contributed by atoms with van der Waals surface area (Å²) < 4.78 is 0. The quantitative estimate of drug-likeness (QED) is 0.461. The third-order valence-corrected chi connectivity index (χ3v) is 1.41. The molecule has 0 bridgehead atoms. The number of benzene rings is 1. The van der Waals surface area contributed by atoms with Crippen LogP contribution in [0.4, 0.5) is 11.4 Å². The van der Waals surface area contributed by atoms with Gasteiger partial charge in [-0.15, -0.1) is 0 Å². The summed E-state index contributed by atoms with van der Waals surface area (Å²) >= 11 is 0. The molecule has 1 rings (SSSR count). The van der Waals surface area contributed by atoms with Crippen molar-refractivity contribution in [2.75, 3.05) is 11.5 Å². The van der Waals surface area contributed by atoms with Crippen molar-refractivity contribution in [3.8, 4) is 0 Å². The second-order valence-electron chi connectivity index (χ2n) is 2.27. The molecule has 0 atom stereocenters. The first-order chi connectivity index (χ1) is 5.11. The molecular formula is C7H10N3O+. The normalized spacial score (nSPS) is 9.55. The van der Waals surface area contributed by atoms with Crippen molar-refractivity contribution in [2.45, 2.75) is 0 Å². The lowest BCUT2D eigenvalue weighted by atomic mass is 10.2. The van der Waals surface area contributed by atoms with E-state index in [4.69, 9.17) is 11.5 Å². The van der Waals surface area contributed by atoms with E-state index in [-0.39, 0.29) is 5.91 Å². The summed E-state index contributed by atoms with van der Waals surface area (Å²) in [5.41, 5.74) is 15.5. The van der Waals surface area contributed by atoms with Gasteiger partial charge in [0.15, 0.2) is 0 Å². The maximum absolute atomic E-state index is 10.7. The van der Waals surface area contributed by atoms with Crippen LogP contribution in [0.5, 0.6) is 0 Å². The zero-order chi connectivity index (χ0) is 8.43. The van der Waals surface area contributed by atoms with Crippen LogP contribution in [0.1, 0.15) is 10.4 Å². The van der Waals surface area contributed by atoms with E-state index in [9.17, 15) is 4.79 Å². The molecule has 0 saturated carbocycles. The number of hydrogen-bond donors (Lipinski definition) is 3. The number of nitrogens with two attached hydrogens (primary N) is 2. The minimum Gasteiger partial charge on any atom is -0.397 e. The van der Waals surface area contributed by atoms with Crippen molar-refractivity contribution in [2.24, 2.45) is 0 Å². The molecule has 1 aromatic rings. The predicted octanol–water partition coefficient (Wildman–Crippen LogP) is -0.767. The standard InChI is InChI=1S/C7H9N3O/c8-5-2-1-4(7(10)11)3-6(5)9/h1-3H,8-9H2,(H2,10,11)/p+1. The van der Waals surface area contributed by atoms with Gasteiger partial charge in [0.1, 0.15) is 0 Å². The van der Waals surface area contributed by atoms with Gasteiger partial charge in [0.2, 0.25) is 0 Å². The zero-order valence-corrected chi connectivity index (χ0v) is 6.00. The zero-order valence-electron chi connectivity index (χ0n) is 6.00. The summed E-state index contributed by atoms with van der Waals surface area (Å²) in [5, 5.41) is 0. The number of rotatable bonds is 1. The lowest BCUT2D eigenvalue weighted by Crippen LogP contribution is -2.56. The first kappa shape index (κ1) is 7.56. The monoisotopic (exact) mass is 152 g/mol.